The SMILES string of the molecule is NCc1cccc(Oc2cc(C(N)=O)ccn2)c1. The number of benzene rings is 1. The minimum Gasteiger partial charge on any atom is -0.439 e. The predicted octanol–water partition coefficient (Wildman–Crippen LogP) is 1.43. The molecule has 0 saturated heterocycles. The van der Waals surface area contributed by atoms with Crippen molar-refractivity contribution in [1.82, 2.24) is 4.98 Å². The zero-order valence-corrected chi connectivity index (χ0v) is 9.67. The van der Waals surface area contributed by atoms with Gasteiger partial charge < -0.3 is 16.2 Å². The van der Waals surface area contributed by atoms with Gasteiger partial charge in [0.05, 0.1) is 0 Å². The summed E-state index contributed by atoms with van der Waals surface area (Å²) in [4.78, 5) is 15.0. The number of hydrogen-bond donors (Lipinski definition) is 2. The number of primary amides is 1. The fourth-order valence-corrected chi connectivity index (χ4v) is 1.48. The summed E-state index contributed by atoms with van der Waals surface area (Å²) in [6, 6.07) is 10.4. The maximum absolute atomic E-state index is 11.0. The molecule has 0 aliphatic carbocycles. The Bertz CT molecular complexity index is 570. The molecule has 0 aliphatic rings. The number of rotatable bonds is 4. The zero-order valence-electron chi connectivity index (χ0n) is 9.67. The van der Waals surface area contributed by atoms with E-state index >= 15 is 0 Å². The van der Waals surface area contributed by atoms with E-state index in [0.29, 0.717) is 23.7 Å². The minimum absolute atomic E-state index is 0.320. The summed E-state index contributed by atoms with van der Waals surface area (Å²) in [5, 5.41) is 0. The van der Waals surface area contributed by atoms with Gasteiger partial charge in [-0.3, -0.25) is 4.79 Å². The Morgan fingerprint density at radius 2 is 2.11 bits per heavy atom. The maximum Gasteiger partial charge on any atom is 0.248 e. The Labute approximate surface area is 104 Å². The lowest BCUT2D eigenvalue weighted by atomic mass is 10.2. The van der Waals surface area contributed by atoms with Crippen molar-refractivity contribution in [2.45, 2.75) is 6.54 Å². The smallest absolute Gasteiger partial charge is 0.248 e. The first-order valence-electron chi connectivity index (χ1n) is 5.42. The van der Waals surface area contributed by atoms with Gasteiger partial charge in [-0.25, -0.2) is 4.98 Å². The number of carbonyl (C=O) groups is 1. The third kappa shape index (κ3) is 2.83. The van der Waals surface area contributed by atoms with Crippen molar-refractivity contribution < 1.29 is 9.53 Å². The molecule has 2 rings (SSSR count). The average Bonchev–Trinajstić information content (AvgIpc) is 2.39. The van der Waals surface area contributed by atoms with Crippen LogP contribution in [0.5, 0.6) is 11.6 Å². The molecule has 18 heavy (non-hydrogen) atoms. The summed E-state index contributed by atoms with van der Waals surface area (Å²) in [6.45, 7) is 0.436. The Morgan fingerprint density at radius 1 is 1.28 bits per heavy atom. The molecule has 0 saturated carbocycles. The van der Waals surface area contributed by atoms with Gasteiger partial charge in [0.2, 0.25) is 11.8 Å². The first kappa shape index (κ1) is 12.1. The van der Waals surface area contributed by atoms with Crippen LogP contribution < -0.4 is 16.2 Å². The van der Waals surface area contributed by atoms with Crippen LogP contribution in [-0.4, -0.2) is 10.9 Å². The van der Waals surface area contributed by atoms with Crippen molar-refractivity contribution >= 4 is 5.91 Å². The molecule has 2 aromatic rings. The molecule has 0 atom stereocenters. The second-order valence-corrected chi connectivity index (χ2v) is 3.70. The summed E-state index contributed by atoms with van der Waals surface area (Å²) in [6.07, 6.45) is 1.47. The molecule has 0 aliphatic heterocycles. The Hall–Kier alpha value is -2.40. The number of carbonyl (C=O) groups excluding carboxylic acids is 1. The molecular formula is C13H13N3O2. The van der Waals surface area contributed by atoms with Crippen molar-refractivity contribution in [2.75, 3.05) is 0 Å². The molecule has 4 N–H and O–H groups in total. The van der Waals surface area contributed by atoms with E-state index in [0.717, 1.165) is 5.56 Å². The Kier molecular flexibility index (Phi) is 3.54. The van der Waals surface area contributed by atoms with Crippen LogP contribution in [0.4, 0.5) is 0 Å². The topological polar surface area (TPSA) is 91.2 Å². The standard InChI is InChI=1S/C13H13N3O2/c14-8-9-2-1-3-11(6-9)18-12-7-10(13(15)17)4-5-16-12/h1-7H,8,14H2,(H2,15,17). The van der Waals surface area contributed by atoms with Crippen molar-refractivity contribution in [3.8, 4) is 11.6 Å². The van der Waals surface area contributed by atoms with Gasteiger partial charge in [0, 0.05) is 24.4 Å². The van der Waals surface area contributed by atoms with E-state index in [2.05, 4.69) is 4.98 Å². The fraction of sp³-hybridized carbons (Fsp3) is 0.0769. The largest absolute Gasteiger partial charge is 0.439 e. The van der Waals surface area contributed by atoms with Gasteiger partial charge in [-0.1, -0.05) is 12.1 Å². The summed E-state index contributed by atoms with van der Waals surface area (Å²) in [5.41, 5.74) is 12.0. The molecule has 0 bridgehead atoms. The van der Waals surface area contributed by atoms with E-state index in [1.165, 1.54) is 18.3 Å². The van der Waals surface area contributed by atoms with Crippen molar-refractivity contribution in [2.24, 2.45) is 11.5 Å². The highest BCUT2D eigenvalue weighted by Crippen LogP contribution is 2.20. The maximum atomic E-state index is 11.0. The van der Waals surface area contributed by atoms with E-state index < -0.39 is 5.91 Å². The first-order chi connectivity index (χ1) is 8.69. The normalized spacial score (nSPS) is 10.1. The highest BCUT2D eigenvalue weighted by atomic mass is 16.5. The lowest BCUT2D eigenvalue weighted by Gasteiger charge is -2.06. The van der Waals surface area contributed by atoms with Crippen LogP contribution in [0.1, 0.15) is 15.9 Å². The van der Waals surface area contributed by atoms with E-state index in [4.69, 9.17) is 16.2 Å². The monoisotopic (exact) mass is 243 g/mol. The van der Waals surface area contributed by atoms with Gasteiger partial charge in [0.1, 0.15) is 5.75 Å². The lowest BCUT2D eigenvalue weighted by Crippen LogP contribution is -2.10. The van der Waals surface area contributed by atoms with E-state index in [9.17, 15) is 4.79 Å². The molecule has 0 spiro atoms. The van der Waals surface area contributed by atoms with Gasteiger partial charge in [-0.2, -0.15) is 0 Å². The summed E-state index contributed by atoms with van der Waals surface area (Å²) in [5.74, 6) is 0.422. The number of nitrogens with zero attached hydrogens (tertiary/aromatic N) is 1. The van der Waals surface area contributed by atoms with Crippen LogP contribution in [-0.2, 0) is 6.54 Å². The molecule has 0 fully saturated rings. The highest BCUT2D eigenvalue weighted by Gasteiger charge is 2.04. The second kappa shape index (κ2) is 5.29. The van der Waals surface area contributed by atoms with Crippen LogP contribution in [0.25, 0.3) is 0 Å². The molecule has 1 heterocycles. The molecule has 0 unspecified atom stereocenters. The van der Waals surface area contributed by atoms with Gasteiger partial charge in [0.25, 0.3) is 0 Å². The van der Waals surface area contributed by atoms with Crippen molar-refractivity contribution in [3.63, 3.8) is 0 Å². The first-order valence-corrected chi connectivity index (χ1v) is 5.42. The second-order valence-electron chi connectivity index (χ2n) is 3.70. The summed E-state index contributed by atoms with van der Waals surface area (Å²) < 4.78 is 5.54. The molecule has 92 valence electrons. The molecule has 5 heteroatoms. The number of nitrogens with two attached hydrogens (primary N) is 2. The summed E-state index contributed by atoms with van der Waals surface area (Å²) in [7, 11) is 0. The molecule has 1 amide bonds. The minimum atomic E-state index is -0.516. The van der Waals surface area contributed by atoms with E-state index in [-0.39, 0.29) is 0 Å². The number of hydrogen-bond acceptors (Lipinski definition) is 4. The highest BCUT2D eigenvalue weighted by molar-refractivity contribution is 5.92. The van der Waals surface area contributed by atoms with Gasteiger partial charge >= 0.3 is 0 Å². The van der Waals surface area contributed by atoms with Crippen LogP contribution in [0.2, 0.25) is 0 Å². The van der Waals surface area contributed by atoms with E-state index in [1.807, 2.05) is 18.2 Å². The van der Waals surface area contributed by atoms with Gasteiger partial charge in [0.15, 0.2) is 0 Å². The third-order valence-electron chi connectivity index (χ3n) is 2.38. The fourth-order valence-electron chi connectivity index (χ4n) is 1.48. The summed E-state index contributed by atoms with van der Waals surface area (Å²) >= 11 is 0. The van der Waals surface area contributed by atoms with Crippen LogP contribution in [0, 0.1) is 0 Å². The molecule has 1 aromatic carbocycles. The van der Waals surface area contributed by atoms with E-state index in [1.54, 1.807) is 6.07 Å². The molecule has 0 radical (unpaired) electrons. The lowest BCUT2D eigenvalue weighted by molar-refractivity contribution is 0.1000. The number of aromatic nitrogens is 1. The van der Waals surface area contributed by atoms with Crippen LogP contribution in [0.3, 0.4) is 0 Å². The van der Waals surface area contributed by atoms with Crippen LogP contribution in [0.15, 0.2) is 42.6 Å². The van der Waals surface area contributed by atoms with Crippen molar-refractivity contribution in [1.29, 1.82) is 0 Å². The zero-order chi connectivity index (χ0) is 13.0. The third-order valence-corrected chi connectivity index (χ3v) is 2.38. The Morgan fingerprint density at radius 3 is 2.83 bits per heavy atom. The number of pyridine rings is 1. The van der Waals surface area contributed by atoms with Crippen molar-refractivity contribution in [3.05, 3.63) is 53.7 Å². The Balaban J connectivity index is 2.22. The van der Waals surface area contributed by atoms with Gasteiger partial charge in [-0.15, -0.1) is 0 Å². The van der Waals surface area contributed by atoms with Crippen LogP contribution >= 0.6 is 0 Å². The predicted molar refractivity (Wildman–Crippen MR) is 67.2 cm³/mol. The number of ether oxygens (including phenoxy) is 1. The average molecular weight is 243 g/mol. The molecule has 1 aromatic heterocycles. The molecular weight excluding hydrogens is 230 g/mol. The number of amides is 1. The quantitative estimate of drug-likeness (QED) is 0.849. The van der Waals surface area contributed by atoms with Gasteiger partial charge in [-0.05, 0) is 23.8 Å². The molecule has 5 nitrogen and oxygen atoms in total.